The van der Waals surface area contributed by atoms with E-state index in [0.29, 0.717) is 0 Å². The zero-order valence-corrected chi connectivity index (χ0v) is 27.4. The van der Waals surface area contributed by atoms with Crippen LogP contribution >= 0.6 is 11.3 Å². The first-order valence-corrected chi connectivity index (χ1v) is 17.5. The van der Waals surface area contributed by atoms with Crippen molar-refractivity contribution in [3.8, 4) is 16.8 Å². The van der Waals surface area contributed by atoms with Crippen molar-refractivity contribution in [1.29, 1.82) is 0 Å². The summed E-state index contributed by atoms with van der Waals surface area (Å²) < 4.78 is 5.04. The minimum atomic E-state index is 1.13. The summed E-state index contributed by atoms with van der Waals surface area (Å²) in [6.45, 7) is 0. The molecule has 0 saturated heterocycles. The standard InChI is InChI=1S/C46H30N2S/c1-3-14-31(15-4-1)36-20-9-11-23-41(36)47(35-26-27-44-40(30-35)39-28-32-16-7-8-17-33(32)29-45(39)49-44)43-25-13-22-38-37-21-10-12-24-42(37)48(46(38)43)34-18-5-2-6-19-34/h1-30H. The van der Waals surface area contributed by atoms with E-state index in [0.717, 1.165) is 22.7 Å². The molecule has 49 heavy (non-hydrogen) atoms. The first kappa shape index (κ1) is 27.9. The highest BCUT2D eigenvalue weighted by Crippen LogP contribution is 2.47. The minimum absolute atomic E-state index is 1.13. The van der Waals surface area contributed by atoms with E-state index in [1.54, 1.807) is 0 Å². The fourth-order valence-corrected chi connectivity index (χ4v) is 8.67. The van der Waals surface area contributed by atoms with Gasteiger partial charge in [0.15, 0.2) is 0 Å². The lowest BCUT2D eigenvalue weighted by Gasteiger charge is -2.29. The van der Waals surface area contributed by atoms with E-state index in [9.17, 15) is 0 Å². The number of anilines is 3. The number of benzene rings is 8. The molecule has 0 bridgehead atoms. The van der Waals surface area contributed by atoms with Gasteiger partial charge in [-0.15, -0.1) is 11.3 Å². The number of hydrogen-bond donors (Lipinski definition) is 0. The number of hydrogen-bond acceptors (Lipinski definition) is 2. The van der Waals surface area contributed by atoms with E-state index in [-0.39, 0.29) is 0 Å². The third-order valence-electron chi connectivity index (χ3n) is 9.74. The smallest absolute Gasteiger partial charge is 0.0782 e. The molecule has 3 heteroatoms. The maximum absolute atomic E-state index is 2.48. The molecule has 0 fully saturated rings. The Labute approximate surface area is 288 Å². The summed E-state index contributed by atoms with van der Waals surface area (Å²) in [7, 11) is 0. The third kappa shape index (κ3) is 4.47. The molecule has 0 N–H and O–H groups in total. The largest absolute Gasteiger partial charge is 0.308 e. The van der Waals surface area contributed by atoms with Crippen LogP contribution in [0.25, 0.3) is 69.6 Å². The number of nitrogens with zero attached hydrogens (tertiary/aromatic N) is 2. The normalized spacial score (nSPS) is 11.7. The molecular formula is C46H30N2S. The second-order valence-electron chi connectivity index (χ2n) is 12.6. The fourth-order valence-electron chi connectivity index (χ4n) is 7.55. The Balaban J connectivity index is 1.32. The number of para-hydroxylation sites is 4. The van der Waals surface area contributed by atoms with Gasteiger partial charge < -0.3 is 9.47 Å². The average Bonchev–Trinajstić information content (AvgIpc) is 3.70. The van der Waals surface area contributed by atoms with Gasteiger partial charge in [0.05, 0.1) is 22.4 Å². The molecule has 10 aromatic rings. The topological polar surface area (TPSA) is 8.17 Å². The summed E-state index contributed by atoms with van der Waals surface area (Å²) >= 11 is 1.87. The molecular weight excluding hydrogens is 613 g/mol. The van der Waals surface area contributed by atoms with E-state index < -0.39 is 0 Å². The van der Waals surface area contributed by atoms with Crippen LogP contribution in [0.3, 0.4) is 0 Å². The molecule has 2 aromatic heterocycles. The summed E-state index contributed by atoms with van der Waals surface area (Å²) in [4.78, 5) is 2.48. The van der Waals surface area contributed by atoms with Crippen molar-refractivity contribution in [3.63, 3.8) is 0 Å². The maximum Gasteiger partial charge on any atom is 0.0782 e. The maximum atomic E-state index is 2.48. The molecule has 0 radical (unpaired) electrons. The first-order valence-electron chi connectivity index (χ1n) is 16.7. The van der Waals surface area contributed by atoms with Crippen molar-refractivity contribution in [2.24, 2.45) is 0 Å². The quantitative estimate of drug-likeness (QED) is 0.181. The number of rotatable bonds is 5. The molecule has 10 rings (SSSR count). The lowest BCUT2D eigenvalue weighted by molar-refractivity contribution is 1.17. The highest BCUT2D eigenvalue weighted by Gasteiger charge is 2.24. The van der Waals surface area contributed by atoms with Gasteiger partial charge in [-0.25, -0.2) is 0 Å². The minimum Gasteiger partial charge on any atom is -0.308 e. The third-order valence-corrected chi connectivity index (χ3v) is 10.9. The summed E-state index contributed by atoms with van der Waals surface area (Å²) in [5.74, 6) is 0. The molecule has 0 saturated carbocycles. The van der Waals surface area contributed by atoms with Crippen molar-refractivity contribution in [2.75, 3.05) is 4.90 Å². The zero-order chi connectivity index (χ0) is 32.3. The SMILES string of the molecule is c1ccc(-c2ccccc2N(c2ccc3sc4cc5ccccc5cc4c3c2)c2cccc3c4ccccc4n(-c4ccccc4)c23)cc1. The van der Waals surface area contributed by atoms with Crippen LogP contribution in [0.5, 0.6) is 0 Å². The van der Waals surface area contributed by atoms with Crippen LogP contribution in [-0.2, 0) is 0 Å². The number of aromatic nitrogens is 1. The highest BCUT2D eigenvalue weighted by molar-refractivity contribution is 7.25. The molecule has 0 aliphatic heterocycles. The van der Waals surface area contributed by atoms with E-state index in [2.05, 4.69) is 191 Å². The van der Waals surface area contributed by atoms with Crippen molar-refractivity contribution < 1.29 is 0 Å². The van der Waals surface area contributed by atoms with Crippen molar-refractivity contribution in [3.05, 3.63) is 182 Å². The van der Waals surface area contributed by atoms with E-state index in [4.69, 9.17) is 0 Å². The fraction of sp³-hybridized carbons (Fsp3) is 0. The molecule has 0 atom stereocenters. The van der Waals surface area contributed by atoms with Gasteiger partial charge in [0.2, 0.25) is 0 Å². The van der Waals surface area contributed by atoms with Gasteiger partial charge in [-0.3, -0.25) is 0 Å². The van der Waals surface area contributed by atoms with Gasteiger partial charge in [0.25, 0.3) is 0 Å². The first-order chi connectivity index (χ1) is 24.3. The highest BCUT2D eigenvalue weighted by atomic mass is 32.1. The Bertz CT molecular complexity index is 2830. The van der Waals surface area contributed by atoms with Crippen molar-refractivity contribution in [1.82, 2.24) is 4.57 Å². The van der Waals surface area contributed by atoms with Gasteiger partial charge in [-0.1, -0.05) is 121 Å². The van der Waals surface area contributed by atoms with Crippen molar-refractivity contribution in [2.45, 2.75) is 0 Å². The van der Waals surface area contributed by atoms with Gasteiger partial charge in [0, 0.05) is 47.9 Å². The molecule has 8 aromatic carbocycles. The Hall–Kier alpha value is -6.16. The van der Waals surface area contributed by atoms with Crippen LogP contribution in [0.4, 0.5) is 17.1 Å². The van der Waals surface area contributed by atoms with Gasteiger partial charge in [0.1, 0.15) is 0 Å². The molecule has 0 spiro atoms. The predicted octanol–water partition coefficient (Wildman–Crippen LogP) is 13.4. The Morgan fingerprint density at radius 1 is 0.429 bits per heavy atom. The van der Waals surface area contributed by atoms with Gasteiger partial charge in [-0.2, -0.15) is 0 Å². The Kier molecular flexibility index (Phi) is 6.39. The van der Waals surface area contributed by atoms with Crippen LogP contribution in [0, 0.1) is 0 Å². The summed E-state index contributed by atoms with van der Waals surface area (Å²) in [6.07, 6.45) is 0. The van der Waals surface area contributed by atoms with E-state index in [1.165, 1.54) is 63.9 Å². The zero-order valence-electron chi connectivity index (χ0n) is 26.6. The summed E-state index contributed by atoms with van der Waals surface area (Å²) in [5.41, 5.74) is 9.28. The molecule has 2 nitrogen and oxygen atoms in total. The van der Waals surface area contributed by atoms with E-state index in [1.807, 2.05) is 11.3 Å². The van der Waals surface area contributed by atoms with Crippen LogP contribution in [0.15, 0.2) is 182 Å². The Morgan fingerprint density at radius 3 is 1.94 bits per heavy atom. The second-order valence-corrected chi connectivity index (χ2v) is 13.6. The molecule has 230 valence electrons. The molecule has 0 aliphatic carbocycles. The average molecular weight is 643 g/mol. The molecule has 0 aliphatic rings. The lowest BCUT2D eigenvalue weighted by Crippen LogP contribution is -2.12. The molecule has 0 unspecified atom stereocenters. The van der Waals surface area contributed by atoms with Crippen LogP contribution < -0.4 is 4.90 Å². The summed E-state index contributed by atoms with van der Waals surface area (Å²) in [6, 6.07) is 66.2. The number of thiophene rings is 1. The monoisotopic (exact) mass is 642 g/mol. The molecule has 0 amide bonds. The van der Waals surface area contributed by atoms with Crippen molar-refractivity contribution >= 4 is 81.1 Å². The van der Waals surface area contributed by atoms with Gasteiger partial charge in [-0.05, 0) is 77.0 Å². The van der Waals surface area contributed by atoms with Crippen LogP contribution in [-0.4, -0.2) is 4.57 Å². The second kappa shape index (κ2) is 11.2. The van der Waals surface area contributed by atoms with Crippen LogP contribution in [0.2, 0.25) is 0 Å². The lowest BCUT2D eigenvalue weighted by atomic mass is 10.0. The predicted molar refractivity (Wildman–Crippen MR) is 211 cm³/mol. The molecule has 2 heterocycles. The number of fused-ring (bicyclic) bond motifs is 7. The van der Waals surface area contributed by atoms with Gasteiger partial charge >= 0.3 is 0 Å². The Morgan fingerprint density at radius 2 is 1.08 bits per heavy atom. The van der Waals surface area contributed by atoms with Crippen LogP contribution in [0.1, 0.15) is 0 Å². The summed E-state index contributed by atoms with van der Waals surface area (Å²) in [5, 5.41) is 7.59. The van der Waals surface area contributed by atoms with E-state index >= 15 is 0 Å².